The van der Waals surface area contributed by atoms with Crippen LogP contribution in [0.3, 0.4) is 0 Å². The maximum Gasteiger partial charge on any atom is 0.262 e. The third-order valence-electron chi connectivity index (χ3n) is 4.95. The Balaban J connectivity index is 2.62. The second kappa shape index (κ2) is 6.68. The maximum atomic E-state index is 13.0. The highest BCUT2D eigenvalue weighted by atomic mass is 32.2. The van der Waals surface area contributed by atoms with Gasteiger partial charge in [-0.15, -0.1) is 0 Å². The minimum absolute atomic E-state index is 0.109. The Morgan fingerprint density at radius 3 is 1.69 bits per heavy atom. The standard InChI is InChI=1S/C18H24N2O4S2/c1-10-7-8-16(9-17(10)25(19,21)22)20-26(23,24)18-14(5)12(3)11(2)13(4)15(18)6/h7-9,20H,1-6H3,(H2,19,21,22). The monoisotopic (exact) mass is 396 g/mol. The number of aryl methyl sites for hydroxylation is 1. The molecular weight excluding hydrogens is 372 g/mol. The molecule has 26 heavy (non-hydrogen) atoms. The Kier molecular flexibility index (Phi) is 5.24. The first-order valence-electron chi connectivity index (χ1n) is 8.00. The van der Waals surface area contributed by atoms with Crippen LogP contribution in [0.15, 0.2) is 28.0 Å². The van der Waals surface area contributed by atoms with E-state index in [1.807, 2.05) is 20.8 Å². The van der Waals surface area contributed by atoms with Crippen molar-refractivity contribution in [2.45, 2.75) is 51.3 Å². The number of nitrogens with one attached hydrogen (secondary N) is 1. The summed E-state index contributed by atoms with van der Waals surface area (Å²) < 4.78 is 51.9. The van der Waals surface area contributed by atoms with Crippen LogP contribution in [0.5, 0.6) is 0 Å². The largest absolute Gasteiger partial charge is 0.280 e. The molecule has 2 aromatic rings. The van der Waals surface area contributed by atoms with Gasteiger partial charge in [0.15, 0.2) is 0 Å². The van der Waals surface area contributed by atoms with Gasteiger partial charge in [-0.05, 0) is 87.1 Å². The molecule has 0 saturated heterocycles. The van der Waals surface area contributed by atoms with E-state index in [2.05, 4.69) is 4.72 Å². The molecule has 6 nitrogen and oxygen atoms in total. The second-order valence-corrected chi connectivity index (χ2v) is 9.73. The van der Waals surface area contributed by atoms with Crippen molar-refractivity contribution < 1.29 is 16.8 Å². The first-order chi connectivity index (χ1) is 11.8. The normalized spacial score (nSPS) is 12.3. The molecule has 0 aliphatic carbocycles. The number of hydrogen-bond donors (Lipinski definition) is 2. The van der Waals surface area contributed by atoms with Crippen LogP contribution in [0.25, 0.3) is 0 Å². The summed E-state index contributed by atoms with van der Waals surface area (Å²) in [4.78, 5) is 0.109. The minimum Gasteiger partial charge on any atom is -0.280 e. The van der Waals surface area contributed by atoms with Crippen molar-refractivity contribution in [2.75, 3.05) is 4.72 Å². The summed E-state index contributed by atoms with van der Waals surface area (Å²) in [5.74, 6) is 0. The fourth-order valence-corrected chi connectivity index (χ4v) is 5.50. The van der Waals surface area contributed by atoms with Crippen LogP contribution in [0.1, 0.15) is 33.4 Å². The van der Waals surface area contributed by atoms with Gasteiger partial charge < -0.3 is 0 Å². The molecule has 0 amide bonds. The molecular formula is C18H24N2O4S2. The highest BCUT2D eigenvalue weighted by Gasteiger charge is 2.24. The fraction of sp³-hybridized carbons (Fsp3) is 0.333. The molecule has 0 bridgehead atoms. The molecule has 0 spiro atoms. The number of benzene rings is 2. The Bertz CT molecular complexity index is 1070. The minimum atomic E-state index is -3.95. The van der Waals surface area contributed by atoms with Gasteiger partial charge in [-0.25, -0.2) is 22.0 Å². The lowest BCUT2D eigenvalue weighted by molar-refractivity contribution is 0.595. The van der Waals surface area contributed by atoms with Gasteiger partial charge in [0.05, 0.1) is 15.5 Å². The topological polar surface area (TPSA) is 106 Å². The van der Waals surface area contributed by atoms with Crippen LogP contribution in [0, 0.1) is 41.5 Å². The van der Waals surface area contributed by atoms with Crippen LogP contribution in [-0.4, -0.2) is 16.8 Å². The van der Waals surface area contributed by atoms with Gasteiger partial charge in [0, 0.05) is 0 Å². The molecule has 0 aliphatic heterocycles. The van der Waals surface area contributed by atoms with Crippen LogP contribution in [-0.2, 0) is 20.0 Å². The van der Waals surface area contributed by atoms with Crippen LogP contribution in [0.4, 0.5) is 5.69 Å². The first kappa shape index (κ1) is 20.4. The molecule has 0 atom stereocenters. The zero-order valence-electron chi connectivity index (χ0n) is 15.8. The van der Waals surface area contributed by atoms with Crippen molar-refractivity contribution in [3.05, 3.63) is 51.6 Å². The van der Waals surface area contributed by atoms with Gasteiger partial charge in [0.1, 0.15) is 0 Å². The number of rotatable bonds is 4. The lowest BCUT2D eigenvalue weighted by Gasteiger charge is -2.19. The van der Waals surface area contributed by atoms with E-state index in [9.17, 15) is 16.8 Å². The molecule has 0 fully saturated rings. The number of anilines is 1. The average molecular weight is 397 g/mol. The second-order valence-electron chi connectivity index (χ2n) is 6.58. The van der Waals surface area contributed by atoms with Crippen LogP contribution in [0.2, 0.25) is 0 Å². The van der Waals surface area contributed by atoms with E-state index in [0.29, 0.717) is 16.7 Å². The number of hydrogen-bond acceptors (Lipinski definition) is 4. The third kappa shape index (κ3) is 3.62. The van der Waals surface area contributed by atoms with E-state index in [1.165, 1.54) is 18.2 Å². The van der Waals surface area contributed by atoms with Crippen molar-refractivity contribution in [3.8, 4) is 0 Å². The van der Waals surface area contributed by atoms with Gasteiger partial charge >= 0.3 is 0 Å². The predicted octanol–water partition coefficient (Wildman–Crippen LogP) is 2.99. The molecule has 0 radical (unpaired) electrons. The van der Waals surface area contributed by atoms with Gasteiger partial charge in [0.25, 0.3) is 10.0 Å². The molecule has 3 N–H and O–H groups in total. The van der Waals surface area contributed by atoms with E-state index >= 15 is 0 Å². The third-order valence-corrected chi connectivity index (χ3v) is 7.65. The average Bonchev–Trinajstić information content (AvgIpc) is 2.51. The summed E-state index contributed by atoms with van der Waals surface area (Å²) in [5, 5.41) is 5.20. The Hall–Kier alpha value is -1.90. The number of sulfonamides is 2. The number of nitrogens with two attached hydrogens (primary N) is 1. The SMILES string of the molecule is Cc1ccc(NS(=O)(=O)c2c(C)c(C)c(C)c(C)c2C)cc1S(N)(=O)=O. The van der Waals surface area contributed by atoms with Crippen LogP contribution < -0.4 is 9.86 Å². The summed E-state index contributed by atoms with van der Waals surface area (Å²) in [7, 11) is -7.84. The smallest absolute Gasteiger partial charge is 0.262 e. The highest BCUT2D eigenvalue weighted by Crippen LogP contribution is 2.31. The van der Waals surface area contributed by atoms with Gasteiger partial charge in [0.2, 0.25) is 10.0 Å². The summed E-state index contributed by atoms with van der Waals surface area (Å²) in [6.45, 7) is 10.9. The molecule has 0 aromatic heterocycles. The van der Waals surface area contributed by atoms with Gasteiger partial charge in [-0.2, -0.15) is 0 Å². The lowest BCUT2D eigenvalue weighted by Crippen LogP contribution is -2.19. The maximum absolute atomic E-state index is 13.0. The summed E-state index contributed by atoms with van der Waals surface area (Å²) >= 11 is 0. The Morgan fingerprint density at radius 2 is 1.23 bits per heavy atom. The molecule has 0 heterocycles. The highest BCUT2D eigenvalue weighted by molar-refractivity contribution is 7.92. The molecule has 8 heteroatoms. The van der Waals surface area contributed by atoms with Gasteiger partial charge in [-0.3, -0.25) is 4.72 Å². The lowest BCUT2D eigenvalue weighted by atomic mass is 9.95. The quantitative estimate of drug-likeness (QED) is 0.828. The van der Waals surface area contributed by atoms with E-state index in [1.54, 1.807) is 20.8 Å². The Labute approximate surface area is 155 Å². The van der Waals surface area contributed by atoms with E-state index < -0.39 is 20.0 Å². The van der Waals surface area contributed by atoms with Crippen LogP contribution >= 0.6 is 0 Å². The molecule has 0 saturated carbocycles. The summed E-state index contributed by atoms with van der Waals surface area (Å²) in [5.41, 5.74) is 4.85. The van der Waals surface area contributed by atoms with Crippen molar-refractivity contribution >= 4 is 25.7 Å². The van der Waals surface area contributed by atoms with Crippen molar-refractivity contribution in [3.63, 3.8) is 0 Å². The molecule has 142 valence electrons. The molecule has 2 aromatic carbocycles. The summed E-state index contributed by atoms with van der Waals surface area (Å²) in [6.07, 6.45) is 0. The van der Waals surface area contributed by atoms with Crippen molar-refractivity contribution in [1.29, 1.82) is 0 Å². The zero-order valence-corrected chi connectivity index (χ0v) is 17.4. The fourth-order valence-electron chi connectivity index (χ4n) is 3.04. The first-order valence-corrected chi connectivity index (χ1v) is 11.0. The summed E-state index contributed by atoms with van der Waals surface area (Å²) in [6, 6.07) is 4.27. The zero-order chi connectivity index (χ0) is 20.0. The molecule has 0 aliphatic rings. The van der Waals surface area contributed by atoms with Gasteiger partial charge in [-0.1, -0.05) is 6.07 Å². The van der Waals surface area contributed by atoms with E-state index in [0.717, 1.165) is 16.7 Å². The van der Waals surface area contributed by atoms with Crippen molar-refractivity contribution in [1.82, 2.24) is 0 Å². The van der Waals surface area contributed by atoms with E-state index in [-0.39, 0.29) is 15.5 Å². The van der Waals surface area contributed by atoms with E-state index in [4.69, 9.17) is 5.14 Å². The molecule has 0 unspecified atom stereocenters. The Morgan fingerprint density at radius 1 is 0.769 bits per heavy atom. The number of primary sulfonamides is 1. The van der Waals surface area contributed by atoms with Crippen molar-refractivity contribution in [2.24, 2.45) is 5.14 Å². The predicted molar refractivity (Wildman–Crippen MR) is 103 cm³/mol. The molecule has 2 rings (SSSR count).